The first-order chi connectivity index (χ1) is 7.11. The van der Waals surface area contributed by atoms with Crippen LogP contribution in [0.5, 0.6) is 0 Å². The first-order valence-corrected chi connectivity index (χ1v) is 4.64. The molecule has 1 rings (SSSR count). The van der Waals surface area contributed by atoms with Crippen LogP contribution in [-0.4, -0.2) is 37.9 Å². The van der Waals surface area contributed by atoms with Gasteiger partial charge in [-0.1, -0.05) is 18.2 Å². The van der Waals surface area contributed by atoms with Crippen LogP contribution >= 0.6 is 0 Å². The predicted molar refractivity (Wildman–Crippen MR) is 55.3 cm³/mol. The van der Waals surface area contributed by atoms with E-state index in [0.29, 0.717) is 5.56 Å². The molecule has 0 saturated heterocycles. The summed E-state index contributed by atoms with van der Waals surface area (Å²) in [5.74, 6) is -0.500. The summed E-state index contributed by atoms with van der Waals surface area (Å²) in [6.45, 7) is -0.249. The third-order valence-electron chi connectivity index (χ3n) is 1.92. The summed E-state index contributed by atoms with van der Waals surface area (Å²) in [6, 6.07) is 8.52. The second kappa shape index (κ2) is 5.46. The lowest BCUT2D eigenvalue weighted by Gasteiger charge is -2.15. The zero-order chi connectivity index (χ0) is 11.3. The molecular formula is C11H14FNO2. The molecule has 0 aliphatic heterocycles. The van der Waals surface area contributed by atoms with Crippen LogP contribution in [-0.2, 0) is 4.74 Å². The van der Waals surface area contributed by atoms with E-state index in [-0.39, 0.29) is 6.61 Å². The Balaban J connectivity index is 2.44. The van der Waals surface area contributed by atoms with E-state index in [2.05, 4.69) is 0 Å². The fourth-order valence-corrected chi connectivity index (χ4v) is 0.951. The third-order valence-corrected chi connectivity index (χ3v) is 1.92. The molecule has 0 saturated carbocycles. The summed E-state index contributed by atoms with van der Waals surface area (Å²) in [4.78, 5) is 12.7. The Labute approximate surface area is 88.5 Å². The number of carbonyl (C=O) groups is 1. The minimum absolute atomic E-state index is 0.249. The van der Waals surface area contributed by atoms with Gasteiger partial charge < -0.3 is 4.74 Å². The fourth-order valence-electron chi connectivity index (χ4n) is 0.951. The van der Waals surface area contributed by atoms with Crippen molar-refractivity contribution in [3.05, 3.63) is 35.9 Å². The van der Waals surface area contributed by atoms with Gasteiger partial charge in [-0.3, -0.25) is 4.90 Å². The maximum Gasteiger partial charge on any atom is 0.338 e. The van der Waals surface area contributed by atoms with Gasteiger partial charge in [0, 0.05) is 0 Å². The van der Waals surface area contributed by atoms with E-state index in [9.17, 15) is 9.18 Å². The van der Waals surface area contributed by atoms with Gasteiger partial charge in [0.1, 0.15) is 6.61 Å². The molecular weight excluding hydrogens is 197 g/mol. The average Bonchev–Trinajstić information content (AvgIpc) is 2.26. The molecule has 1 aromatic carbocycles. The Morgan fingerprint density at radius 3 is 2.53 bits per heavy atom. The zero-order valence-corrected chi connectivity index (χ0v) is 8.81. The van der Waals surface area contributed by atoms with Crippen molar-refractivity contribution >= 4 is 5.97 Å². The van der Waals surface area contributed by atoms with E-state index < -0.39 is 12.3 Å². The van der Waals surface area contributed by atoms with Gasteiger partial charge in [0.2, 0.25) is 0 Å². The number of ether oxygens (including phenoxy) is 1. The zero-order valence-electron chi connectivity index (χ0n) is 8.81. The average molecular weight is 211 g/mol. The topological polar surface area (TPSA) is 29.5 Å². The van der Waals surface area contributed by atoms with E-state index >= 15 is 0 Å². The van der Waals surface area contributed by atoms with Crippen LogP contribution in [0.2, 0.25) is 0 Å². The minimum atomic E-state index is -1.27. The lowest BCUT2D eigenvalue weighted by atomic mass is 10.2. The highest BCUT2D eigenvalue weighted by atomic mass is 19.1. The standard InChI is InChI=1S/C11H14FNO2/c1-13(2)10(12)8-15-11(14)9-6-4-3-5-7-9/h3-7,10H,8H2,1-2H3. The van der Waals surface area contributed by atoms with Crippen LogP contribution < -0.4 is 0 Å². The van der Waals surface area contributed by atoms with Gasteiger partial charge in [0.15, 0.2) is 6.30 Å². The predicted octanol–water partition coefficient (Wildman–Crippen LogP) is 1.70. The summed E-state index contributed by atoms with van der Waals surface area (Å²) in [5.41, 5.74) is 0.434. The molecule has 0 aliphatic rings. The van der Waals surface area contributed by atoms with E-state index in [1.54, 1.807) is 44.4 Å². The summed E-state index contributed by atoms with van der Waals surface area (Å²) in [5, 5.41) is 0. The van der Waals surface area contributed by atoms with E-state index in [1.165, 1.54) is 4.90 Å². The molecule has 4 heteroatoms. The Kier molecular flexibility index (Phi) is 4.24. The monoisotopic (exact) mass is 211 g/mol. The number of hydrogen-bond acceptors (Lipinski definition) is 3. The van der Waals surface area contributed by atoms with Gasteiger partial charge in [0.05, 0.1) is 5.56 Å². The van der Waals surface area contributed by atoms with Crippen molar-refractivity contribution in [2.75, 3.05) is 20.7 Å². The normalized spacial score (nSPS) is 12.5. The van der Waals surface area contributed by atoms with E-state index in [0.717, 1.165) is 0 Å². The maximum atomic E-state index is 13.1. The summed E-state index contributed by atoms with van der Waals surface area (Å²) < 4.78 is 17.8. The van der Waals surface area contributed by atoms with Gasteiger partial charge in [-0.15, -0.1) is 0 Å². The molecule has 0 aromatic heterocycles. The summed E-state index contributed by atoms with van der Waals surface area (Å²) in [7, 11) is 3.17. The first-order valence-electron chi connectivity index (χ1n) is 4.64. The molecule has 1 aromatic rings. The molecule has 82 valence electrons. The maximum absolute atomic E-state index is 13.1. The van der Waals surface area contributed by atoms with Crippen LogP contribution in [0.3, 0.4) is 0 Å². The first kappa shape index (κ1) is 11.7. The number of carbonyl (C=O) groups excluding carboxylic acids is 1. The van der Waals surface area contributed by atoms with Crippen molar-refractivity contribution in [2.24, 2.45) is 0 Å². The molecule has 0 fully saturated rings. The van der Waals surface area contributed by atoms with Gasteiger partial charge >= 0.3 is 5.97 Å². The molecule has 0 spiro atoms. The highest BCUT2D eigenvalue weighted by Gasteiger charge is 2.13. The Hall–Kier alpha value is -1.42. The lowest BCUT2D eigenvalue weighted by Crippen LogP contribution is -2.29. The van der Waals surface area contributed by atoms with E-state index in [4.69, 9.17) is 4.74 Å². The Morgan fingerprint density at radius 2 is 2.00 bits per heavy atom. The van der Waals surface area contributed by atoms with E-state index in [1.807, 2.05) is 0 Å². The minimum Gasteiger partial charge on any atom is -0.458 e. The number of benzene rings is 1. The number of rotatable bonds is 4. The largest absolute Gasteiger partial charge is 0.458 e. The molecule has 15 heavy (non-hydrogen) atoms. The second-order valence-electron chi connectivity index (χ2n) is 3.36. The van der Waals surface area contributed by atoms with Gasteiger partial charge in [-0.25, -0.2) is 9.18 Å². The molecule has 0 N–H and O–H groups in total. The smallest absolute Gasteiger partial charge is 0.338 e. The molecule has 3 nitrogen and oxygen atoms in total. The number of hydrogen-bond donors (Lipinski definition) is 0. The highest BCUT2D eigenvalue weighted by molar-refractivity contribution is 5.89. The van der Waals surface area contributed by atoms with Crippen LogP contribution in [0.1, 0.15) is 10.4 Å². The number of nitrogens with zero attached hydrogens (tertiary/aromatic N) is 1. The molecule has 0 heterocycles. The molecule has 1 unspecified atom stereocenters. The SMILES string of the molecule is CN(C)C(F)COC(=O)c1ccccc1. The fraction of sp³-hybridized carbons (Fsp3) is 0.364. The van der Waals surface area contributed by atoms with Gasteiger partial charge in [0.25, 0.3) is 0 Å². The van der Waals surface area contributed by atoms with Crippen LogP contribution in [0, 0.1) is 0 Å². The lowest BCUT2D eigenvalue weighted by molar-refractivity contribution is 0.0163. The van der Waals surface area contributed by atoms with Gasteiger partial charge in [-0.2, -0.15) is 0 Å². The highest BCUT2D eigenvalue weighted by Crippen LogP contribution is 2.03. The van der Waals surface area contributed by atoms with Crippen LogP contribution in [0.25, 0.3) is 0 Å². The van der Waals surface area contributed by atoms with Gasteiger partial charge in [-0.05, 0) is 26.2 Å². The van der Waals surface area contributed by atoms with Crippen molar-refractivity contribution in [1.82, 2.24) is 4.90 Å². The Morgan fingerprint density at radius 1 is 1.40 bits per heavy atom. The molecule has 0 bridgehead atoms. The molecule has 0 amide bonds. The van der Waals surface area contributed by atoms with Crippen LogP contribution in [0.4, 0.5) is 4.39 Å². The van der Waals surface area contributed by atoms with Crippen molar-refractivity contribution in [3.63, 3.8) is 0 Å². The van der Waals surface area contributed by atoms with Crippen molar-refractivity contribution in [2.45, 2.75) is 6.30 Å². The Bertz CT molecular complexity index is 314. The quantitative estimate of drug-likeness (QED) is 0.560. The van der Waals surface area contributed by atoms with Crippen LogP contribution in [0.15, 0.2) is 30.3 Å². The van der Waals surface area contributed by atoms with Crippen molar-refractivity contribution < 1.29 is 13.9 Å². The number of esters is 1. The van der Waals surface area contributed by atoms with Crippen molar-refractivity contribution in [3.8, 4) is 0 Å². The molecule has 0 aliphatic carbocycles. The summed E-state index contributed by atoms with van der Waals surface area (Å²) in [6.07, 6.45) is -1.27. The number of likely N-dealkylation sites (N-methyl/N-ethyl adjacent to an activating group) is 1. The van der Waals surface area contributed by atoms with Crippen molar-refractivity contribution in [1.29, 1.82) is 0 Å². The molecule has 0 radical (unpaired) electrons. The number of halogens is 1. The second-order valence-corrected chi connectivity index (χ2v) is 3.36. The summed E-state index contributed by atoms with van der Waals surface area (Å²) >= 11 is 0. The number of alkyl halides is 1. The molecule has 1 atom stereocenters. The third kappa shape index (κ3) is 3.67.